The van der Waals surface area contributed by atoms with Crippen molar-refractivity contribution < 1.29 is 9.84 Å². The lowest BCUT2D eigenvalue weighted by molar-refractivity contribution is -0.0109. The molecule has 0 aliphatic heterocycles. The Morgan fingerprint density at radius 1 is 1.26 bits per heavy atom. The van der Waals surface area contributed by atoms with Crippen molar-refractivity contribution in [2.45, 2.75) is 56.1 Å². The first-order chi connectivity index (χ1) is 9.22. The molecule has 0 bridgehead atoms. The fourth-order valence-electron chi connectivity index (χ4n) is 3.56. The molecule has 3 nitrogen and oxygen atoms in total. The van der Waals surface area contributed by atoms with Crippen molar-refractivity contribution in [2.24, 2.45) is 0 Å². The maximum atomic E-state index is 9.39. The summed E-state index contributed by atoms with van der Waals surface area (Å²) in [5.41, 5.74) is 3.67. The van der Waals surface area contributed by atoms with Crippen LogP contribution >= 0.6 is 0 Å². The topological polar surface area (TPSA) is 33.8 Å². The summed E-state index contributed by atoms with van der Waals surface area (Å²) in [6.45, 7) is 7.35. The van der Waals surface area contributed by atoms with Crippen molar-refractivity contribution in [3.05, 3.63) is 34.7 Å². The second-order valence-corrected chi connectivity index (χ2v) is 6.21. The molecule has 0 radical (unpaired) electrons. The van der Waals surface area contributed by atoms with Gasteiger partial charge in [-0.2, -0.15) is 0 Å². The first-order valence-electron chi connectivity index (χ1n) is 7.10. The number of ether oxygens (including phenoxy) is 1. The van der Waals surface area contributed by atoms with E-state index >= 15 is 0 Å². The van der Waals surface area contributed by atoms with Crippen LogP contribution in [0, 0.1) is 6.57 Å². The van der Waals surface area contributed by atoms with E-state index in [1.807, 2.05) is 6.07 Å². The van der Waals surface area contributed by atoms with Crippen molar-refractivity contribution >= 4 is 5.69 Å². The number of aryl methyl sites for hydroxylation is 1. The van der Waals surface area contributed by atoms with E-state index in [1.54, 1.807) is 0 Å². The molecule has 1 aromatic rings. The molecule has 3 heteroatoms. The summed E-state index contributed by atoms with van der Waals surface area (Å²) in [4.78, 5) is 3.63. The van der Waals surface area contributed by atoms with E-state index in [1.165, 1.54) is 30.4 Å². The number of rotatable bonds is 2. The number of hydrogen-bond donors (Lipinski definition) is 1. The summed E-state index contributed by atoms with van der Waals surface area (Å²) < 4.78 is 6.09. The second-order valence-electron chi connectivity index (χ2n) is 6.21. The molecule has 3 aliphatic carbocycles. The Hall–Kier alpha value is -1.53. The minimum atomic E-state index is -0.215. The Morgan fingerprint density at radius 3 is 2.68 bits per heavy atom. The fraction of sp³-hybridized carbons (Fsp3) is 0.562. The molecule has 3 aliphatic rings. The number of aliphatic hydroxyl groups is 1. The Morgan fingerprint density at radius 2 is 2.05 bits per heavy atom. The lowest BCUT2D eigenvalue weighted by atomic mass is 9.91. The SMILES string of the molecule is [C-]#[N+]c1ccc2c(c1OC1CC(O)C1)C1(CC2)CC1. The van der Waals surface area contributed by atoms with Gasteiger partial charge in [-0.05, 0) is 42.2 Å². The Bertz CT molecular complexity index is 577. The van der Waals surface area contributed by atoms with Gasteiger partial charge in [-0.1, -0.05) is 12.1 Å². The Kier molecular flexibility index (Phi) is 2.23. The summed E-state index contributed by atoms with van der Waals surface area (Å²) >= 11 is 0. The molecule has 1 N–H and O–H groups in total. The summed E-state index contributed by atoms with van der Waals surface area (Å²) in [5, 5.41) is 9.39. The van der Waals surface area contributed by atoms with Gasteiger partial charge in [0.25, 0.3) is 0 Å². The van der Waals surface area contributed by atoms with Gasteiger partial charge in [0.1, 0.15) is 11.9 Å². The van der Waals surface area contributed by atoms with Crippen LogP contribution in [0.2, 0.25) is 0 Å². The first kappa shape index (κ1) is 11.3. The van der Waals surface area contributed by atoms with Crippen LogP contribution in [-0.4, -0.2) is 17.3 Å². The molecule has 1 aromatic carbocycles. The van der Waals surface area contributed by atoms with Crippen molar-refractivity contribution in [2.75, 3.05) is 0 Å². The van der Waals surface area contributed by atoms with E-state index in [2.05, 4.69) is 10.9 Å². The average Bonchev–Trinajstić information content (AvgIpc) is 3.05. The fourth-order valence-corrected chi connectivity index (χ4v) is 3.56. The summed E-state index contributed by atoms with van der Waals surface area (Å²) in [6, 6.07) is 4.01. The van der Waals surface area contributed by atoms with Gasteiger partial charge in [0.2, 0.25) is 5.69 Å². The van der Waals surface area contributed by atoms with Crippen LogP contribution in [0.15, 0.2) is 12.1 Å². The number of benzene rings is 1. The Balaban J connectivity index is 1.75. The van der Waals surface area contributed by atoms with Crippen molar-refractivity contribution in [1.82, 2.24) is 0 Å². The maximum Gasteiger partial charge on any atom is 0.228 e. The third kappa shape index (κ3) is 1.60. The highest BCUT2D eigenvalue weighted by molar-refractivity contribution is 5.67. The molecule has 0 unspecified atom stereocenters. The molecule has 1 spiro atoms. The average molecular weight is 255 g/mol. The first-order valence-corrected chi connectivity index (χ1v) is 7.10. The van der Waals surface area contributed by atoms with Crippen LogP contribution in [0.3, 0.4) is 0 Å². The van der Waals surface area contributed by atoms with Gasteiger partial charge in [0.15, 0.2) is 0 Å². The van der Waals surface area contributed by atoms with Gasteiger partial charge < -0.3 is 9.84 Å². The summed E-state index contributed by atoms with van der Waals surface area (Å²) in [5.74, 6) is 0.833. The van der Waals surface area contributed by atoms with E-state index in [0.29, 0.717) is 23.9 Å². The molecule has 0 aromatic heterocycles. The standard InChI is InChI=1S/C16H17NO2/c1-17-13-3-2-10-4-5-16(6-7-16)14(10)15(13)19-12-8-11(18)9-12/h2-3,11-12,18H,4-9H2. The quantitative estimate of drug-likeness (QED) is 0.824. The van der Waals surface area contributed by atoms with Gasteiger partial charge in [0.05, 0.1) is 12.7 Å². The molecule has 2 saturated carbocycles. The largest absolute Gasteiger partial charge is 0.501 e. The van der Waals surface area contributed by atoms with Crippen LogP contribution in [0.25, 0.3) is 4.85 Å². The van der Waals surface area contributed by atoms with E-state index in [4.69, 9.17) is 11.3 Å². The minimum absolute atomic E-state index is 0.0957. The molecule has 0 saturated heterocycles. The van der Waals surface area contributed by atoms with Gasteiger partial charge in [-0.3, -0.25) is 0 Å². The minimum Gasteiger partial charge on any atom is -0.501 e. The summed E-state index contributed by atoms with van der Waals surface area (Å²) in [7, 11) is 0. The smallest absolute Gasteiger partial charge is 0.228 e. The number of hydrogen-bond acceptors (Lipinski definition) is 2. The third-order valence-electron chi connectivity index (χ3n) is 4.95. The lowest BCUT2D eigenvalue weighted by Gasteiger charge is -2.33. The molecular formula is C16H17NO2. The predicted octanol–water partition coefficient (Wildman–Crippen LogP) is 3.12. The monoisotopic (exact) mass is 255 g/mol. The van der Waals surface area contributed by atoms with Crippen molar-refractivity contribution in [1.29, 1.82) is 0 Å². The lowest BCUT2D eigenvalue weighted by Crippen LogP contribution is -2.37. The highest BCUT2D eigenvalue weighted by Gasteiger charge is 2.51. The predicted molar refractivity (Wildman–Crippen MR) is 71.6 cm³/mol. The second kappa shape index (κ2) is 3.74. The molecule has 0 atom stereocenters. The molecular weight excluding hydrogens is 238 g/mol. The summed E-state index contributed by atoms with van der Waals surface area (Å²) in [6.07, 6.45) is 6.11. The van der Waals surface area contributed by atoms with Crippen LogP contribution in [0.5, 0.6) is 5.75 Å². The van der Waals surface area contributed by atoms with E-state index in [-0.39, 0.29) is 12.2 Å². The van der Waals surface area contributed by atoms with Crippen LogP contribution < -0.4 is 4.74 Å². The van der Waals surface area contributed by atoms with Gasteiger partial charge >= 0.3 is 0 Å². The van der Waals surface area contributed by atoms with Crippen LogP contribution in [0.1, 0.15) is 43.2 Å². The van der Waals surface area contributed by atoms with Gasteiger partial charge in [0, 0.05) is 12.8 Å². The number of aliphatic hydroxyl groups excluding tert-OH is 1. The normalized spacial score (nSPS) is 29.5. The number of fused-ring (bicyclic) bond motifs is 2. The molecule has 0 amide bonds. The van der Waals surface area contributed by atoms with Gasteiger partial charge in [-0.15, -0.1) is 0 Å². The van der Waals surface area contributed by atoms with E-state index < -0.39 is 0 Å². The van der Waals surface area contributed by atoms with Crippen LogP contribution in [0.4, 0.5) is 5.69 Å². The number of nitrogens with zero attached hydrogens (tertiary/aromatic N) is 1. The van der Waals surface area contributed by atoms with E-state index in [0.717, 1.165) is 12.2 Å². The molecule has 4 rings (SSSR count). The van der Waals surface area contributed by atoms with Crippen molar-refractivity contribution in [3.63, 3.8) is 0 Å². The maximum absolute atomic E-state index is 9.39. The third-order valence-corrected chi connectivity index (χ3v) is 4.95. The molecule has 19 heavy (non-hydrogen) atoms. The molecule has 2 fully saturated rings. The highest BCUT2D eigenvalue weighted by Crippen LogP contribution is 2.61. The molecule has 0 heterocycles. The zero-order chi connectivity index (χ0) is 13.0. The Labute approximate surface area is 113 Å². The van der Waals surface area contributed by atoms with Gasteiger partial charge in [-0.25, -0.2) is 4.85 Å². The zero-order valence-corrected chi connectivity index (χ0v) is 10.9. The van der Waals surface area contributed by atoms with Crippen molar-refractivity contribution in [3.8, 4) is 5.75 Å². The van der Waals surface area contributed by atoms with E-state index in [9.17, 15) is 5.11 Å². The highest BCUT2D eigenvalue weighted by atomic mass is 16.5. The molecule has 98 valence electrons. The van der Waals surface area contributed by atoms with Crippen LogP contribution in [-0.2, 0) is 11.8 Å². The zero-order valence-electron chi connectivity index (χ0n) is 10.9.